The molecular formula is C11H18N4O. The van der Waals surface area contributed by atoms with E-state index in [1.54, 1.807) is 0 Å². The number of nitrogens with zero attached hydrogens (tertiary/aromatic N) is 4. The van der Waals surface area contributed by atoms with Crippen LogP contribution in [0.1, 0.15) is 0 Å². The monoisotopic (exact) mass is 222 g/mol. The standard InChI is InChI=1S/C11H18N4O/c1-13-3-2-11(12-13)15-6-4-14(5-7-15)10-8-16-9-10/h2-3,10H,4-9H2,1H3. The molecule has 0 N–H and O–H groups in total. The van der Waals surface area contributed by atoms with Gasteiger partial charge in [-0.15, -0.1) is 0 Å². The number of aryl methyl sites for hydroxylation is 1. The molecule has 3 rings (SSSR count). The fourth-order valence-corrected chi connectivity index (χ4v) is 2.32. The second-order valence-electron chi connectivity index (χ2n) is 4.56. The van der Waals surface area contributed by atoms with Crippen molar-refractivity contribution in [3.8, 4) is 0 Å². The van der Waals surface area contributed by atoms with E-state index in [1.807, 2.05) is 17.9 Å². The highest BCUT2D eigenvalue weighted by atomic mass is 16.5. The number of piperazine rings is 1. The summed E-state index contributed by atoms with van der Waals surface area (Å²) in [6.07, 6.45) is 2.00. The summed E-state index contributed by atoms with van der Waals surface area (Å²) in [4.78, 5) is 4.89. The highest BCUT2D eigenvalue weighted by molar-refractivity contribution is 5.37. The van der Waals surface area contributed by atoms with Crippen molar-refractivity contribution in [3.63, 3.8) is 0 Å². The van der Waals surface area contributed by atoms with Crippen LogP contribution in [0.5, 0.6) is 0 Å². The number of anilines is 1. The predicted octanol–water partition coefficient (Wildman–Crippen LogP) is -0.0591. The highest BCUT2D eigenvalue weighted by Crippen LogP contribution is 2.17. The van der Waals surface area contributed by atoms with Crippen LogP contribution in [0.3, 0.4) is 0 Å². The molecule has 0 aliphatic carbocycles. The Labute approximate surface area is 95.6 Å². The van der Waals surface area contributed by atoms with Crippen LogP contribution >= 0.6 is 0 Å². The van der Waals surface area contributed by atoms with Crippen LogP contribution in [0.2, 0.25) is 0 Å². The van der Waals surface area contributed by atoms with Crippen LogP contribution in [0, 0.1) is 0 Å². The van der Waals surface area contributed by atoms with Crippen LogP contribution in [0.4, 0.5) is 5.82 Å². The lowest BCUT2D eigenvalue weighted by Gasteiger charge is -2.42. The molecule has 2 saturated heterocycles. The lowest BCUT2D eigenvalue weighted by atomic mass is 10.2. The van der Waals surface area contributed by atoms with Gasteiger partial charge < -0.3 is 9.64 Å². The topological polar surface area (TPSA) is 33.5 Å². The molecule has 1 aromatic heterocycles. The number of rotatable bonds is 2. The first-order valence-corrected chi connectivity index (χ1v) is 5.89. The van der Waals surface area contributed by atoms with Crippen LogP contribution in [0.15, 0.2) is 12.3 Å². The molecule has 0 bridgehead atoms. The quantitative estimate of drug-likeness (QED) is 0.702. The van der Waals surface area contributed by atoms with Gasteiger partial charge in [-0.05, 0) is 0 Å². The lowest BCUT2D eigenvalue weighted by Crippen LogP contribution is -2.56. The van der Waals surface area contributed by atoms with Gasteiger partial charge in [0, 0.05) is 45.5 Å². The summed E-state index contributed by atoms with van der Waals surface area (Å²) in [5.74, 6) is 1.10. The molecule has 16 heavy (non-hydrogen) atoms. The van der Waals surface area contributed by atoms with E-state index in [2.05, 4.69) is 21.0 Å². The Bertz CT molecular complexity index is 353. The van der Waals surface area contributed by atoms with Crippen LogP contribution in [-0.2, 0) is 11.8 Å². The number of ether oxygens (including phenoxy) is 1. The Balaban J connectivity index is 1.57. The summed E-state index contributed by atoms with van der Waals surface area (Å²) in [6.45, 7) is 6.25. The summed E-state index contributed by atoms with van der Waals surface area (Å²) in [5.41, 5.74) is 0. The second kappa shape index (κ2) is 4.07. The largest absolute Gasteiger partial charge is 0.378 e. The summed E-state index contributed by atoms with van der Waals surface area (Å²) >= 11 is 0. The molecule has 0 spiro atoms. The van der Waals surface area contributed by atoms with Gasteiger partial charge in [0.05, 0.1) is 19.3 Å². The average Bonchev–Trinajstić information content (AvgIpc) is 2.63. The second-order valence-corrected chi connectivity index (χ2v) is 4.56. The molecule has 0 aromatic carbocycles. The zero-order valence-corrected chi connectivity index (χ0v) is 9.67. The number of aromatic nitrogens is 2. The Morgan fingerprint density at radius 3 is 2.50 bits per heavy atom. The van der Waals surface area contributed by atoms with Crippen molar-refractivity contribution < 1.29 is 4.74 Å². The molecule has 5 nitrogen and oxygen atoms in total. The minimum atomic E-state index is 0.672. The van der Waals surface area contributed by atoms with Crippen molar-refractivity contribution in [2.24, 2.45) is 7.05 Å². The van der Waals surface area contributed by atoms with Crippen molar-refractivity contribution >= 4 is 5.82 Å². The van der Waals surface area contributed by atoms with Gasteiger partial charge in [0.2, 0.25) is 0 Å². The van der Waals surface area contributed by atoms with Crippen molar-refractivity contribution in [2.75, 3.05) is 44.3 Å². The third-order valence-corrected chi connectivity index (χ3v) is 3.47. The van der Waals surface area contributed by atoms with Crippen molar-refractivity contribution in [1.29, 1.82) is 0 Å². The molecule has 2 aliphatic heterocycles. The van der Waals surface area contributed by atoms with Gasteiger partial charge in [-0.3, -0.25) is 9.58 Å². The Morgan fingerprint density at radius 1 is 1.25 bits per heavy atom. The summed E-state index contributed by atoms with van der Waals surface area (Å²) < 4.78 is 7.09. The highest BCUT2D eigenvalue weighted by Gasteiger charge is 2.29. The average molecular weight is 222 g/mol. The van der Waals surface area contributed by atoms with Gasteiger partial charge in [-0.2, -0.15) is 5.10 Å². The van der Waals surface area contributed by atoms with E-state index < -0.39 is 0 Å². The fraction of sp³-hybridized carbons (Fsp3) is 0.727. The van der Waals surface area contributed by atoms with E-state index in [9.17, 15) is 0 Å². The first kappa shape index (κ1) is 10.1. The van der Waals surface area contributed by atoms with Crippen molar-refractivity contribution in [2.45, 2.75) is 6.04 Å². The van der Waals surface area contributed by atoms with E-state index in [0.717, 1.165) is 45.2 Å². The normalized spacial score (nSPS) is 23.4. The van der Waals surface area contributed by atoms with Gasteiger partial charge in [-0.25, -0.2) is 0 Å². The van der Waals surface area contributed by atoms with E-state index in [1.165, 1.54) is 0 Å². The molecule has 0 radical (unpaired) electrons. The van der Waals surface area contributed by atoms with Gasteiger partial charge in [0.25, 0.3) is 0 Å². The maximum atomic E-state index is 5.23. The fourth-order valence-electron chi connectivity index (χ4n) is 2.32. The lowest BCUT2D eigenvalue weighted by molar-refractivity contribution is -0.0661. The molecule has 1 aromatic rings. The summed E-state index contributed by atoms with van der Waals surface area (Å²) in [7, 11) is 1.96. The molecule has 0 unspecified atom stereocenters. The zero-order chi connectivity index (χ0) is 11.0. The zero-order valence-electron chi connectivity index (χ0n) is 9.67. The van der Waals surface area contributed by atoms with Gasteiger partial charge in [-0.1, -0.05) is 0 Å². The third-order valence-electron chi connectivity index (χ3n) is 3.47. The predicted molar refractivity (Wildman–Crippen MR) is 61.6 cm³/mol. The smallest absolute Gasteiger partial charge is 0.150 e. The van der Waals surface area contributed by atoms with Crippen LogP contribution in [0.25, 0.3) is 0 Å². The van der Waals surface area contributed by atoms with E-state index in [0.29, 0.717) is 6.04 Å². The molecule has 88 valence electrons. The maximum absolute atomic E-state index is 5.23. The summed E-state index contributed by atoms with van der Waals surface area (Å²) in [5, 5.41) is 4.44. The SMILES string of the molecule is Cn1ccc(N2CCN(C3COC3)CC2)n1. The minimum absolute atomic E-state index is 0.672. The van der Waals surface area contributed by atoms with E-state index in [-0.39, 0.29) is 0 Å². The molecule has 2 aliphatic rings. The Hall–Kier alpha value is -1.07. The van der Waals surface area contributed by atoms with Gasteiger partial charge in [0.15, 0.2) is 5.82 Å². The number of hydrogen-bond acceptors (Lipinski definition) is 4. The van der Waals surface area contributed by atoms with Crippen molar-refractivity contribution in [3.05, 3.63) is 12.3 Å². The molecule has 0 atom stereocenters. The molecule has 0 amide bonds. The molecule has 5 heteroatoms. The first-order chi connectivity index (χ1) is 7.83. The van der Waals surface area contributed by atoms with E-state index in [4.69, 9.17) is 4.74 Å². The van der Waals surface area contributed by atoms with Crippen LogP contribution < -0.4 is 4.90 Å². The van der Waals surface area contributed by atoms with Crippen molar-refractivity contribution in [1.82, 2.24) is 14.7 Å². The molecule has 3 heterocycles. The maximum Gasteiger partial charge on any atom is 0.150 e. The summed E-state index contributed by atoms with van der Waals surface area (Å²) in [6, 6.07) is 2.76. The van der Waals surface area contributed by atoms with Gasteiger partial charge >= 0.3 is 0 Å². The molecular weight excluding hydrogens is 204 g/mol. The minimum Gasteiger partial charge on any atom is -0.378 e. The Kier molecular flexibility index (Phi) is 2.57. The third kappa shape index (κ3) is 1.81. The number of hydrogen-bond donors (Lipinski definition) is 0. The molecule has 0 saturated carbocycles. The first-order valence-electron chi connectivity index (χ1n) is 5.89. The molecule has 2 fully saturated rings. The van der Waals surface area contributed by atoms with Gasteiger partial charge in [0.1, 0.15) is 0 Å². The Morgan fingerprint density at radius 2 is 2.00 bits per heavy atom. The van der Waals surface area contributed by atoms with E-state index >= 15 is 0 Å². The van der Waals surface area contributed by atoms with Crippen LogP contribution in [-0.4, -0.2) is 60.1 Å².